The van der Waals surface area contributed by atoms with Crippen LogP contribution >= 0.6 is 0 Å². The monoisotopic (exact) mass is 498 g/mol. The fourth-order valence-corrected chi connectivity index (χ4v) is 3.15. The topological polar surface area (TPSA) is 182 Å². The molecule has 0 fully saturated rings. The normalized spacial score (nSPS) is 10.5. The number of carbonyl (C=O) groups is 4. The van der Waals surface area contributed by atoms with Crippen LogP contribution in [0.25, 0.3) is 0 Å². The van der Waals surface area contributed by atoms with Crippen LogP contribution < -0.4 is 22.3 Å². The van der Waals surface area contributed by atoms with E-state index in [1.807, 2.05) is 0 Å². The Morgan fingerprint density at radius 2 is 1.72 bits per heavy atom. The molecule has 1 amide bonds. The number of Topliss-reactive ketones (excluding diaryl/α,β-unsaturated/α-hetero) is 1. The molecule has 0 atom stereocenters. The highest BCUT2D eigenvalue weighted by atomic mass is 16.5. The predicted octanol–water partition coefficient (Wildman–Crippen LogP) is -0.438. The van der Waals surface area contributed by atoms with Crippen LogP contribution in [0.4, 0.5) is 5.82 Å². The molecule has 0 spiro atoms. The number of hydrogen-bond donors (Lipinski definition) is 2. The number of rotatable bonds is 10. The summed E-state index contributed by atoms with van der Waals surface area (Å²) in [5.41, 5.74) is 3.95. The smallest absolute Gasteiger partial charge is 0.333 e. The Morgan fingerprint density at radius 3 is 2.36 bits per heavy atom. The van der Waals surface area contributed by atoms with Crippen LogP contribution in [0.5, 0.6) is 0 Å². The molecule has 13 nitrogen and oxygen atoms in total. The number of nitrogens with two attached hydrogens (primary N) is 1. The lowest BCUT2D eigenvalue weighted by Crippen LogP contribution is -2.46. The van der Waals surface area contributed by atoms with Gasteiger partial charge in [0, 0.05) is 0 Å². The van der Waals surface area contributed by atoms with E-state index in [-0.39, 0.29) is 12.3 Å². The third kappa shape index (κ3) is 5.94. The van der Waals surface area contributed by atoms with Crippen molar-refractivity contribution >= 4 is 29.4 Å². The largest absolute Gasteiger partial charge is 0.468 e. The summed E-state index contributed by atoms with van der Waals surface area (Å²) in [6.07, 6.45) is 1.28. The summed E-state index contributed by atoms with van der Waals surface area (Å²) < 4.78 is 15.7. The van der Waals surface area contributed by atoms with Crippen LogP contribution in [0.1, 0.15) is 26.5 Å². The van der Waals surface area contributed by atoms with Crippen LogP contribution in [-0.2, 0) is 32.2 Å². The van der Waals surface area contributed by atoms with Gasteiger partial charge in [-0.05, 0) is 17.7 Å². The number of hydrogen-bond acceptors (Lipinski definition) is 10. The molecule has 2 aromatic heterocycles. The Hall–Kier alpha value is -4.94. The van der Waals surface area contributed by atoms with E-state index in [0.29, 0.717) is 10.1 Å². The molecule has 3 rings (SSSR count). The van der Waals surface area contributed by atoms with Gasteiger partial charge in [-0.25, -0.2) is 9.36 Å². The first-order valence-electron chi connectivity index (χ1n) is 10.5. The highest BCUT2D eigenvalue weighted by Crippen LogP contribution is 2.10. The zero-order valence-corrected chi connectivity index (χ0v) is 19.1. The second-order valence-corrected chi connectivity index (χ2v) is 7.33. The minimum absolute atomic E-state index is 0.0292. The fourth-order valence-electron chi connectivity index (χ4n) is 3.15. The molecule has 3 aromatic rings. The molecule has 0 unspecified atom stereocenters. The van der Waals surface area contributed by atoms with E-state index in [1.165, 1.54) is 18.4 Å². The zero-order chi connectivity index (χ0) is 26.2. The van der Waals surface area contributed by atoms with Crippen molar-refractivity contribution in [3.63, 3.8) is 0 Å². The van der Waals surface area contributed by atoms with Gasteiger partial charge in [-0.2, -0.15) is 0 Å². The molecule has 0 bridgehead atoms. The summed E-state index contributed by atoms with van der Waals surface area (Å²) in [6.45, 7) is -2.35. The number of esters is 2. The molecule has 0 saturated carbocycles. The summed E-state index contributed by atoms with van der Waals surface area (Å²) >= 11 is 0. The molecule has 1 aromatic carbocycles. The number of carbonyl (C=O) groups excluding carboxylic acids is 4. The Morgan fingerprint density at radius 1 is 1.00 bits per heavy atom. The SMILES string of the molecule is COC(=O)Cn1c(=O)c(C(=O)COC(=O)CNC(=O)c2ccco2)c(N)n(Cc2ccccc2)c1=O. The molecule has 188 valence electrons. The molecule has 36 heavy (non-hydrogen) atoms. The Labute approximate surface area is 203 Å². The lowest BCUT2D eigenvalue weighted by atomic mass is 10.2. The first-order valence-corrected chi connectivity index (χ1v) is 10.5. The number of benzene rings is 1. The van der Waals surface area contributed by atoms with Crippen molar-refractivity contribution in [1.29, 1.82) is 0 Å². The number of ketones is 1. The average Bonchev–Trinajstić information content (AvgIpc) is 3.42. The number of nitrogen functional groups attached to an aromatic ring is 1. The second kappa shape index (κ2) is 11.5. The van der Waals surface area contributed by atoms with Gasteiger partial charge in [-0.3, -0.25) is 28.5 Å². The quantitative estimate of drug-likeness (QED) is 0.275. The van der Waals surface area contributed by atoms with E-state index in [2.05, 4.69) is 10.1 Å². The number of ether oxygens (including phenoxy) is 2. The highest BCUT2D eigenvalue weighted by molar-refractivity contribution is 6.01. The van der Waals surface area contributed by atoms with Gasteiger partial charge in [-0.15, -0.1) is 0 Å². The maximum absolute atomic E-state index is 12.9. The number of aromatic nitrogens is 2. The number of amides is 1. The lowest BCUT2D eigenvalue weighted by Gasteiger charge is -2.16. The van der Waals surface area contributed by atoms with Gasteiger partial charge in [0.15, 0.2) is 12.4 Å². The maximum Gasteiger partial charge on any atom is 0.333 e. The predicted molar refractivity (Wildman–Crippen MR) is 123 cm³/mol. The number of furan rings is 1. The molecule has 2 heterocycles. The molecule has 3 N–H and O–H groups in total. The van der Waals surface area contributed by atoms with E-state index in [9.17, 15) is 28.8 Å². The van der Waals surface area contributed by atoms with Crippen LogP contribution in [0.3, 0.4) is 0 Å². The average molecular weight is 498 g/mol. The van der Waals surface area contributed by atoms with Crippen molar-refractivity contribution in [2.45, 2.75) is 13.1 Å². The van der Waals surface area contributed by atoms with Gasteiger partial charge in [-0.1, -0.05) is 30.3 Å². The third-order valence-corrected chi connectivity index (χ3v) is 4.95. The van der Waals surface area contributed by atoms with Crippen molar-refractivity contribution in [3.8, 4) is 0 Å². The van der Waals surface area contributed by atoms with Crippen LogP contribution in [0.15, 0.2) is 62.7 Å². The van der Waals surface area contributed by atoms with Gasteiger partial charge in [0.2, 0.25) is 5.78 Å². The number of anilines is 1. The number of methoxy groups -OCH3 is 1. The summed E-state index contributed by atoms with van der Waals surface area (Å²) in [5, 5.41) is 2.25. The molecule has 0 saturated heterocycles. The molecule has 0 aliphatic carbocycles. The van der Waals surface area contributed by atoms with Crippen molar-refractivity contribution in [1.82, 2.24) is 14.5 Å². The van der Waals surface area contributed by atoms with E-state index in [1.54, 1.807) is 30.3 Å². The maximum atomic E-state index is 12.9. The second-order valence-electron chi connectivity index (χ2n) is 7.33. The summed E-state index contributed by atoms with van der Waals surface area (Å²) in [7, 11) is 1.07. The lowest BCUT2D eigenvalue weighted by molar-refractivity contribution is -0.142. The standard InChI is InChI=1S/C23H22N4O9/c1-34-18(30)12-27-22(32)19(20(24)26(23(27)33)11-14-6-3-2-4-7-14)15(28)13-36-17(29)10-25-21(31)16-8-5-9-35-16/h2-9H,10-13,24H2,1H3,(H,25,31). The van der Waals surface area contributed by atoms with Crippen molar-refractivity contribution in [3.05, 3.63) is 86.5 Å². The number of nitrogens with one attached hydrogen (secondary N) is 1. The molecule has 0 aliphatic heterocycles. The van der Waals surface area contributed by atoms with Gasteiger partial charge in [0.05, 0.1) is 19.9 Å². The Bertz CT molecular complexity index is 1390. The fraction of sp³-hybridized carbons (Fsp3) is 0.217. The first kappa shape index (κ1) is 25.7. The molecule has 0 aliphatic rings. The Balaban J connectivity index is 1.83. The minimum Gasteiger partial charge on any atom is -0.468 e. The van der Waals surface area contributed by atoms with Crippen molar-refractivity contribution in [2.75, 3.05) is 26.0 Å². The summed E-state index contributed by atoms with van der Waals surface area (Å²) in [4.78, 5) is 74.3. The van der Waals surface area contributed by atoms with Crippen LogP contribution in [-0.4, -0.2) is 53.0 Å². The van der Waals surface area contributed by atoms with E-state index < -0.39 is 66.0 Å². The number of nitrogens with zero attached hydrogens (tertiary/aromatic N) is 2. The Kier molecular flexibility index (Phi) is 8.18. The van der Waals surface area contributed by atoms with Crippen LogP contribution in [0, 0.1) is 0 Å². The van der Waals surface area contributed by atoms with E-state index in [4.69, 9.17) is 14.9 Å². The van der Waals surface area contributed by atoms with Gasteiger partial charge in [0.25, 0.3) is 11.5 Å². The first-order chi connectivity index (χ1) is 17.2. The van der Waals surface area contributed by atoms with Crippen molar-refractivity contribution in [2.24, 2.45) is 0 Å². The zero-order valence-electron chi connectivity index (χ0n) is 19.1. The highest BCUT2D eigenvalue weighted by Gasteiger charge is 2.25. The molecular formula is C23H22N4O9. The molecular weight excluding hydrogens is 476 g/mol. The van der Waals surface area contributed by atoms with E-state index in [0.717, 1.165) is 11.7 Å². The minimum atomic E-state index is -1.14. The summed E-state index contributed by atoms with van der Waals surface area (Å²) in [6, 6.07) is 11.5. The summed E-state index contributed by atoms with van der Waals surface area (Å²) in [5.74, 6) is -4.05. The van der Waals surface area contributed by atoms with Crippen molar-refractivity contribution < 1.29 is 33.1 Å². The third-order valence-electron chi connectivity index (χ3n) is 4.95. The molecule has 13 heteroatoms. The van der Waals surface area contributed by atoms with Crippen LogP contribution in [0.2, 0.25) is 0 Å². The van der Waals surface area contributed by atoms with E-state index >= 15 is 0 Å². The van der Waals surface area contributed by atoms with Gasteiger partial charge >= 0.3 is 17.6 Å². The van der Waals surface area contributed by atoms with Gasteiger partial charge < -0.3 is 24.9 Å². The molecule has 0 radical (unpaired) electrons. The van der Waals surface area contributed by atoms with Gasteiger partial charge in [0.1, 0.15) is 24.5 Å².